The third-order valence-corrected chi connectivity index (χ3v) is 6.78. The minimum atomic E-state index is -0.0976. The van der Waals surface area contributed by atoms with Crippen molar-refractivity contribution >= 4 is 17.6 Å². The van der Waals surface area contributed by atoms with Crippen molar-refractivity contribution in [2.75, 3.05) is 13.1 Å². The van der Waals surface area contributed by atoms with E-state index in [2.05, 4.69) is 44.3 Å². The molecule has 1 aliphatic carbocycles. The Morgan fingerprint density at radius 1 is 1.05 bits per heavy atom. The first kappa shape index (κ1) is 28.5. The Hall–Kier alpha value is -2.52. The second-order valence-corrected chi connectivity index (χ2v) is 10.9. The number of aromatic nitrogens is 5. The summed E-state index contributed by atoms with van der Waals surface area (Å²) in [7, 11) is 1.91. The Labute approximate surface area is 246 Å². The van der Waals surface area contributed by atoms with Crippen molar-refractivity contribution in [1.82, 2.24) is 29.6 Å². The van der Waals surface area contributed by atoms with E-state index in [1.807, 2.05) is 52.8 Å². The molecule has 1 saturated heterocycles. The van der Waals surface area contributed by atoms with E-state index in [1.165, 1.54) is 48.8 Å². The molecular weight excluding hydrogens is 487 g/mol. The average Bonchev–Trinajstić information content (AvgIpc) is 3.40. The van der Waals surface area contributed by atoms with Gasteiger partial charge in [0.1, 0.15) is 5.82 Å². The van der Waals surface area contributed by atoms with E-state index in [9.17, 15) is 4.79 Å². The molecule has 4 aromatic rings. The smallest absolute Gasteiger partial charge is 0.520 e. The molecule has 9 heteroatoms. The van der Waals surface area contributed by atoms with Crippen LogP contribution in [0.4, 0.5) is 0 Å². The predicted molar refractivity (Wildman–Crippen MR) is 145 cm³/mol. The number of likely N-dealkylation sites (tertiary alicyclic amines) is 1. The monoisotopic (exact) mass is 522 g/mol. The number of benzene rings is 1. The van der Waals surface area contributed by atoms with Gasteiger partial charge in [0.05, 0.1) is 29.0 Å². The van der Waals surface area contributed by atoms with Crippen molar-refractivity contribution < 1.29 is 39.1 Å². The summed E-state index contributed by atoms with van der Waals surface area (Å²) in [5.41, 5.74) is 8.01. The summed E-state index contributed by atoms with van der Waals surface area (Å²) in [6, 6.07) is 8.98. The number of nitrogens with one attached hydrogen (secondary N) is 1. The molecule has 3 aromatic heterocycles. The van der Waals surface area contributed by atoms with Gasteiger partial charge in [-0.15, -0.1) is 0 Å². The van der Waals surface area contributed by atoms with Crippen LogP contribution in [0.2, 0.25) is 0 Å². The van der Waals surface area contributed by atoms with Crippen LogP contribution in [-0.4, -0.2) is 60.8 Å². The van der Waals surface area contributed by atoms with Crippen LogP contribution in [0.15, 0.2) is 42.9 Å². The number of rotatable bonds is 4. The second kappa shape index (κ2) is 12.1. The molecule has 194 valence electrons. The fourth-order valence-corrected chi connectivity index (χ4v) is 5.00. The zero-order valence-corrected chi connectivity index (χ0v) is 25.1. The van der Waals surface area contributed by atoms with Crippen molar-refractivity contribution in [3.63, 3.8) is 0 Å². The van der Waals surface area contributed by atoms with Crippen LogP contribution >= 0.6 is 0 Å². The predicted octanol–water partition coefficient (Wildman–Crippen LogP) is 1.85. The molecule has 1 aromatic carbocycles. The van der Waals surface area contributed by atoms with E-state index in [1.54, 1.807) is 9.58 Å². The van der Waals surface area contributed by atoms with E-state index in [-0.39, 0.29) is 41.3 Å². The second-order valence-electron chi connectivity index (χ2n) is 10.9. The maximum Gasteiger partial charge on any atom is 1.00 e. The summed E-state index contributed by atoms with van der Waals surface area (Å²) in [5, 5.41) is 4.24. The summed E-state index contributed by atoms with van der Waals surface area (Å²) in [6.07, 6.45) is 14.0. The Morgan fingerprint density at radius 2 is 1.82 bits per heavy atom. The number of imidazole rings is 1. The summed E-state index contributed by atoms with van der Waals surface area (Å²) < 4.78 is 7.37. The quantitative estimate of drug-likeness (QED) is 0.251. The molecular formula is C29H35N6NaO2. The summed E-state index contributed by atoms with van der Waals surface area (Å²) in [6.45, 7) is 7.43. The number of ether oxygens (including phenoxy) is 1. The molecule has 2 aliphatic rings. The molecule has 0 unspecified atom stereocenters. The van der Waals surface area contributed by atoms with E-state index >= 15 is 0 Å². The van der Waals surface area contributed by atoms with Gasteiger partial charge in [0, 0.05) is 38.1 Å². The molecule has 1 amide bonds. The Balaban J connectivity index is 0.000000238. The molecule has 4 heterocycles. The molecule has 0 atom stereocenters. The van der Waals surface area contributed by atoms with Crippen molar-refractivity contribution in [3.8, 4) is 22.5 Å². The number of aromatic amines is 1. The fourth-order valence-electron chi connectivity index (χ4n) is 5.00. The molecule has 0 spiro atoms. The normalized spacial score (nSPS) is 15.5. The van der Waals surface area contributed by atoms with E-state index in [4.69, 9.17) is 4.74 Å². The average molecular weight is 523 g/mol. The van der Waals surface area contributed by atoms with Crippen molar-refractivity contribution in [1.29, 1.82) is 0 Å². The van der Waals surface area contributed by atoms with Gasteiger partial charge in [-0.2, -0.15) is 11.5 Å². The first-order valence-electron chi connectivity index (χ1n) is 13.1. The van der Waals surface area contributed by atoms with Crippen molar-refractivity contribution in [2.24, 2.45) is 7.05 Å². The molecule has 38 heavy (non-hydrogen) atoms. The molecule has 8 nitrogen and oxygen atoms in total. The standard InChI is InChI=1S/C21H21N5.C8H14NO2.Na/c1-26-13-17(12-23-26)20-24-19-18(9-10-22-21(19)25-20)16-8-7-14-5-3-2-4-6-15(14)11-16;1-8(2,3)11-7-4-9(5-7)6-10;/h7-13H,2-6H2,1H3,(H,22,24,25);7H,4-5H2,1-3H3;/q;-1;+1. The third-order valence-electron chi connectivity index (χ3n) is 6.78. The molecule has 1 aliphatic heterocycles. The van der Waals surface area contributed by atoms with Gasteiger partial charge in [0.2, 0.25) is 0 Å². The van der Waals surface area contributed by atoms with Gasteiger partial charge in [0.25, 0.3) is 0 Å². The number of aryl methyl sites for hydroxylation is 3. The topological polar surface area (TPSA) is 88.9 Å². The van der Waals surface area contributed by atoms with Gasteiger partial charge >= 0.3 is 29.6 Å². The minimum Gasteiger partial charge on any atom is -0.520 e. The summed E-state index contributed by atoms with van der Waals surface area (Å²) >= 11 is 0. The van der Waals surface area contributed by atoms with Crippen LogP contribution in [-0.2, 0) is 29.4 Å². The van der Waals surface area contributed by atoms with E-state index in [0.717, 1.165) is 28.1 Å². The molecule has 0 radical (unpaired) electrons. The molecule has 0 saturated carbocycles. The third kappa shape index (κ3) is 6.72. The van der Waals surface area contributed by atoms with Gasteiger partial charge in [-0.3, -0.25) is 4.68 Å². The number of amides is 1. The van der Waals surface area contributed by atoms with Gasteiger partial charge < -0.3 is 19.4 Å². The number of nitrogens with zero attached hydrogens (tertiary/aromatic N) is 5. The maximum absolute atomic E-state index is 10.0. The molecule has 0 bridgehead atoms. The largest absolute Gasteiger partial charge is 1.00 e. The van der Waals surface area contributed by atoms with Crippen LogP contribution in [0.25, 0.3) is 33.7 Å². The molecule has 1 N–H and O–H groups in total. The fraction of sp³-hybridized carbons (Fsp3) is 0.448. The van der Waals surface area contributed by atoms with Crippen LogP contribution in [0, 0.1) is 0 Å². The minimum absolute atomic E-state index is 0. The van der Waals surface area contributed by atoms with Crippen LogP contribution in [0.1, 0.15) is 51.2 Å². The van der Waals surface area contributed by atoms with Crippen LogP contribution < -0.4 is 29.6 Å². The first-order valence-corrected chi connectivity index (χ1v) is 13.1. The Kier molecular flexibility index (Phi) is 9.08. The van der Waals surface area contributed by atoms with Gasteiger partial charge in [0.15, 0.2) is 5.65 Å². The maximum atomic E-state index is 10.0. The Bertz CT molecular complexity index is 1380. The number of H-pyrrole nitrogens is 1. The number of fused-ring (bicyclic) bond motifs is 2. The first-order chi connectivity index (χ1) is 17.8. The number of hydrogen-bond donors (Lipinski definition) is 1. The van der Waals surface area contributed by atoms with Gasteiger partial charge in [-0.1, -0.05) is 24.6 Å². The van der Waals surface area contributed by atoms with Gasteiger partial charge in [-0.25, -0.2) is 9.97 Å². The zero-order valence-electron chi connectivity index (χ0n) is 23.1. The summed E-state index contributed by atoms with van der Waals surface area (Å²) in [4.78, 5) is 24.2. The molecule has 6 rings (SSSR count). The zero-order chi connectivity index (χ0) is 26.0. The number of carbonyl (C=O) groups excluding carboxylic acids is 1. The van der Waals surface area contributed by atoms with Crippen molar-refractivity contribution in [3.05, 3.63) is 54.0 Å². The van der Waals surface area contributed by atoms with E-state index < -0.39 is 0 Å². The number of hydrogen-bond acceptors (Lipinski definition) is 5. The number of pyridine rings is 1. The molecule has 1 fully saturated rings. The summed E-state index contributed by atoms with van der Waals surface area (Å²) in [5.74, 6) is 0.808. The SMILES string of the molecule is CC(C)(C)OC1CN([C-]=O)C1.Cn1cc(-c2nc3nccc(-c4ccc5c(c4)CCCCC5)c3[nH]2)cn1.[Na+]. The van der Waals surface area contributed by atoms with E-state index in [0.29, 0.717) is 13.1 Å². The van der Waals surface area contributed by atoms with Crippen LogP contribution in [0.3, 0.4) is 0 Å². The Morgan fingerprint density at radius 3 is 2.50 bits per heavy atom. The van der Waals surface area contributed by atoms with Crippen LogP contribution in [0.5, 0.6) is 0 Å². The van der Waals surface area contributed by atoms with Crippen molar-refractivity contribution in [2.45, 2.75) is 64.6 Å². The van der Waals surface area contributed by atoms with Gasteiger partial charge in [-0.05, 0) is 69.2 Å².